The Labute approximate surface area is 237 Å². The summed E-state index contributed by atoms with van der Waals surface area (Å²) < 4.78 is 28.0. The topological polar surface area (TPSA) is 84.2 Å². The van der Waals surface area contributed by atoms with Crippen LogP contribution in [0.25, 0.3) is 28.4 Å². The van der Waals surface area contributed by atoms with Crippen molar-refractivity contribution in [3.63, 3.8) is 0 Å². The summed E-state index contributed by atoms with van der Waals surface area (Å²) in [7, 11) is 3.05. The first kappa shape index (κ1) is 27.3. The molecule has 0 N–H and O–H groups in total. The van der Waals surface area contributed by atoms with Crippen LogP contribution in [0.1, 0.15) is 33.2 Å². The van der Waals surface area contributed by atoms with Gasteiger partial charge >= 0.3 is 5.97 Å². The molecular weight excluding hydrogens is 520 g/mol. The van der Waals surface area contributed by atoms with Gasteiger partial charge in [0.25, 0.3) is 0 Å². The highest BCUT2D eigenvalue weighted by molar-refractivity contribution is 6.10. The average Bonchev–Trinajstić information content (AvgIpc) is 3.40. The van der Waals surface area contributed by atoms with Crippen LogP contribution in [-0.4, -0.2) is 32.6 Å². The summed E-state index contributed by atoms with van der Waals surface area (Å²) in [6.45, 7) is 2.39. The van der Waals surface area contributed by atoms with Crippen LogP contribution in [0.3, 0.4) is 0 Å². The monoisotopic (exact) mass is 548 g/mol. The normalized spacial score (nSPS) is 11.0. The van der Waals surface area contributed by atoms with E-state index < -0.39 is 5.97 Å². The van der Waals surface area contributed by atoms with E-state index >= 15 is 0 Å². The number of carbonyl (C=O) groups is 2. The summed E-state index contributed by atoms with van der Waals surface area (Å²) in [5.74, 6) is 1.66. The van der Waals surface area contributed by atoms with Crippen LogP contribution in [0.5, 0.6) is 23.0 Å². The fourth-order valence-electron chi connectivity index (χ4n) is 4.40. The number of methoxy groups -OCH3 is 2. The molecule has 206 valence electrons. The summed E-state index contributed by atoms with van der Waals surface area (Å²) in [6, 6.07) is 26.7. The fourth-order valence-corrected chi connectivity index (χ4v) is 4.40. The maximum absolute atomic E-state index is 13.5. The number of hydrogen-bond donors (Lipinski definition) is 0. The van der Waals surface area contributed by atoms with E-state index in [0.717, 1.165) is 11.1 Å². The summed E-state index contributed by atoms with van der Waals surface area (Å²) in [6.07, 6.45) is 3.15. The standard InChI is InChI=1S/C34H28O7/c1-4-39-26-16-19-30-28(20-26)32(33(41-30)23-8-6-5-7-9-23)34(36)40-24-13-10-22(11-14-24)12-18-29(35)27-17-15-25(37-2)21-31(27)38-3/h5-21H,4H2,1-3H3. The van der Waals surface area contributed by atoms with Crippen LogP contribution < -0.4 is 18.9 Å². The lowest BCUT2D eigenvalue weighted by Crippen LogP contribution is -2.09. The third-order valence-corrected chi connectivity index (χ3v) is 6.40. The molecule has 5 aromatic rings. The minimum absolute atomic E-state index is 0.216. The lowest BCUT2D eigenvalue weighted by Gasteiger charge is -2.08. The van der Waals surface area contributed by atoms with Crippen molar-refractivity contribution in [3.05, 3.63) is 114 Å². The second-order valence-electron chi connectivity index (χ2n) is 8.99. The highest BCUT2D eigenvalue weighted by atomic mass is 16.5. The number of carbonyl (C=O) groups excluding carboxylic acids is 2. The minimum atomic E-state index is -0.554. The van der Waals surface area contributed by atoms with Crippen molar-refractivity contribution in [3.8, 4) is 34.3 Å². The molecule has 1 heterocycles. The second-order valence-corrected chi connectivity index (χ2v) is 8.99. The molecule has 41 heavy (non-hydrogen) atoms. The molecular formula is C34H28O7. The van der Waals surface area contributed by atoms with E-state index in [1.54, 1.807) is 73.8 Å². The Bertz CT molecular complexity index is 1710. The van der Waals surface area contributed by atoms with E-state index in [2.05, 4.69) is 0 Å². The molecule has 0 aliphatic rings. The van der Waals surface area contributed by atoms with Crippen molar-refractivity contribution in [2.45, 2.75) is 6.92 Å². The Kier molecular flexibility index (Phi) is 8.15. The van der Waals surface area contributed by atoms with Gasteiger partial charge in [-0.1, -0.05) is 48.5 Å². The maximum atomic E-state index is 13.5. The van der Waals surface area contributed by atoms with Gasteiger partial charge in [-0.2, -0.15) is 0 Å². The summed E-state index contributed by atoms with van der Waals surface area (Å²) in [5, 5.41) is 0.604. The van der Waals surface area contributed by atoms with Gasteiger partial charge in [-0.05, 0) is 61.0 Å². The fraction of sp³-hybridized carbons (Fsp3) is 0.118. The number of hydrogen-bond acceptors (Lipinski definition) is 7. The molecule has 0 spiro atoms. The van der Waals surface area contributed by atoms with Gasteiger partial charge in [-0.25, -0.2) is 4.79 Å². The smallest absolute Gasteiger partial charge is 0.348 e. The van der Waals surface area contributed by atoms with Gasteiger partial charge < -0.3 is 23.4 Å². The Hall–Kier alpha value is -5.30. The van der Waals surface area contributed by atoms with Crippen LogP contribution >= 0.6 is 0 Å². The van der Waals surface area contributed by atoms with Crippen molar-refractivity contribution in [1.29, 1.82) is 0 Å². The Morgan fingerprint density at radius 2 is 1.54 bits per heavy atom. The molecule has 0 aliphatic carbocycles. The first-order valence-electron chi connectivity index (χ1n) is 13.0. The van der Waals surface area contributed by atoms with E-state index in [1.165, 1.54) is 13.2 Å². The first-order valence-corrected chi connectivity index (χ1v) is 13.0. The molecule has 0 bridgehead atoms. The van der Waals surface area contributed by atoms with Crippen molar-refractivity contribution in [1.82, 2.24) is 0 Å². The number of allylic oxidation sites excluding steroid dienone is 1. The molecule has 0 saturated heterocycles. The lowest BCUT2D eigenvalue weighted by molar-refractivity contribution is 0.0736. The third-order valence-electron chi connectivity index (χ3n) is 6.40. The van der Waals surface area contributed by atoms with Gasteiger partial charge in [0.15, 0.2) is 5.78 Å². The molecule has 0 unspecified atom stereocenters. The molecule has 1 aromatic heterocycles. The van der Waals surface area contributed by atoms with Crippen LogP contribution in [0.2, 0.25) is 0 Å². The zero-order valence-electron chi connectivity index (χ0n) is 22.9. The highest BCUT2D eigenvalue weighted by Crippen LogP contribution is 2.36. The van der Waals surface area contributed by atoms with Gasteiger partial charge in [-0.3, -0.25) is 4.79 Å². The van der Waals surface area contributed by atoms with Gasteiger partial charge in [0, 0.05) is 17.0 Å². The van der Waals surface area contributed by atoms with E-state index in [4.69, 9.17) is 23.4 Å². The summed E-state index contributed by atoms with van der Waals surface area (Å²) in [4.78, 5) is 26.3. The van der Waals surface area contributed by atoms with Crippen LogP contribution in [0.4, 0.5) is 0 Å². The van der Waals surface area contributed by atoms with Crippen LogP contribution in [0, 0.1) is 0 Å². The van der Waals surface area contributed by atoms with E-state index in [-0.39, 0.29) is 5.78 Å². The predicted molar refractivity (Wildman–Crippen MR) is 157 cm³/mol. The average molecular weight is 549 g/mol. The number of ether oxygens (including phenoxy) is 4. The van der Waals surface area contributed by atoms with Gasteiger partial charge in [0.2, 0.25) is 0 Å². The molecule has 0 radical (unpaired) electrons. The van der Waals surface area contributed by atoms with Gasteiger partial charge in [0.05, 0.1) is 26.4 Å². The van der Waals surface area contributed by atoms with Gasteiger partial charge in [0.1, 0.15) is 39.9 Å². The predicted octanol–water partition coefficient (Wildman–Crippen LogP) is 7.63. The maximum Gasteiger partial charge on any atom is 0.348 e. The van der Waals surface area contributed by atoms with Crippen molar-refractivity contribution < 1.29 is 33.0 Å². The molecule has 7 nitrogen and oxygen atoms in total. The zero-order chi connectivity index (χ0) is 28.8. The Morgan fingerprint density at radius 3 is 2.24 bits per heavy atom. The number of rotatable bonds is 10. The number of esters is 1. The van der Waals surface area contributed by atoms with Crippen molar-refractivity contribution in [2.75, 3.05) is 20.8 Å². The molecule has 4 aromatic carbocycles. The molecule has 0 amide bonds. The molecule has 0 fully saturated rings. The molecule has 0 atom stereocenters. The third kappa shape index (κ3) is 5.99. The van der Waals surface area contributed by atoms with E-state index in [0.29, 0.717) is 57.5 Å². The molecule has 5 rings (SSSR count). The van der Waals surface area contributed by atoms with Crippen molar-refractivity contribution >= 4 is 28.8 Å². The number of benzene rings is 4. The van der Waals surface area contributed by atoms with Crippen molar-refractivity contribution in [2.24, 2.45) is 0 Å². The van der Waals surface area contributed by atoms with Crippen LogP contribution in [-0.2, 0) is 0 Å². The summed E-state index contributed by atoms with van der Waals surface area (Å²) >= 11 is 0. The Morgan fingerprint density at radius 1 is 0.805 bits per heavy atom. The zero-order valence-corrected chi connectivity index (χ0v) is 22.9. The lowest BCUT2D eigenvalue weighted by atomic mass is 10.1. The largest absolute Gasteiger partial charge is 0.497 e. The number of furan rings is 1. The first-order chi connectivity index (χ1) is 20.0. The molecule has 7 heteroatoms. The molecule has 0 aliphatic heterocycles. The van der Waals surface area contributed by atoms with Gasteiger partial charge in [-0.15, -0.1) is 0 Å². The van der Waals surface area contributed by atoms with E-state index in [1.807, 2.05) is 37.3 Å². The van der Waals surface area contributed by atoms with Crippen LogP contribution in [0.15, 0.2) is 101 Å². The molecule has 0 saturated carbocycles. The Balaban J connectivity index is 1.37. The quantitative estimate of drug-likeness (QED) is 0.0768. The highest BCUT2D eigenvalue weighted by Gasteiger charge is 2.24. The summed E-state index contributed by atoms with van der Waals surface area (Å²) in [5.41, 5.74) is 2.80. The number of ketones is 1. The SMILES string of the molecule is CCOc1ccc2oc(-c3ccccc3)c(C(=O)Oc3ccc(C=CC(=O)c4ccc(OC)cc4OC)cc3)c2c1. The number of fused-ring (bicyclic) bond motifs is 1. The van der Waals surface area contributed by atoms with E-state index in [9.17, 15) is 9.59 Å². The minimum Gasteiger partial charge on any atom is -0.497 e. The second kappa shape index (κ2) is 12.3.